The average Bonchev–Trinajstić information content (AvgIpc) is 2.80. The number of hydrogen-bond acceptors (Lipinski definition) is 11. The lowest BCUT2D eigenvalue weighted by molar-refractivity contribution is 0.0513. The summed E-state index contributed by atoms with van der Waals surface area (Å²) in [5, 5.41) is 10.8. The second kappa shape index (κ2) is 14.2. The molecule has 3 heterocycles. The van der Waals surface area contributed by atoms with Crippen molar-refractivity contribution in [2.24, 2.45) is 0 Å². The van der Waals surface area contributed by atoms with Crippen LogP contribution >= 0.6 is 34.8 Å². The summed E-state index contributed by atoms with van der Waals surface area (Å²) in [6.45, 7) is 6.26. The number of esters is 2. The number of pyridine rings is 2. The Bertz CT molecular complexity index is 1190. The Balaban J connectivity index is 0.000000281. The molecule has 0 saturated heterocycles. The van der Waals surface area contributed by atoms with E-state index in [2.05, 4.69) is 25.5 Å². The Kier molecular flexibility index (Phi) is 11.4. The lowest BCUT2D eigenvalue weighted by atomic mass is 10.2. The fourth-order valence-corrected chi connectivity index (χ4v) is 3.25. The van der Waals surface area contributed by atoms with Crippen LogP contribution in [0, 0.1) is 0 Å². The number of rotatable bonds is 8. The zero-order valence-electron chi connectivity index (χ0n) is 19.5. The highest BCUT2D eigenvalue weighted by atomic mass is 35.5. The molecule has 0 fully saturated rings. The van der Waals surface area contributed by atoms with Gasteiger partial charge >= 0.3 is 11.9 Å². The van der Waals surface area contributed by atoms with Crippen molar-refractivity contribution < 1.29 is 23.8 Å². The summed E-state index contributed by atoms with van der Waals surface area (Å²) in [5.74, 6) is -0.255. The summed E-state index contributed by atoms with van der Waals surface area (Å²) in [7, 11) is 0. The maximum atomic E-state index is 11.9. The SMILES string of the molecule is CCOC(=O)c1c(Cl)cc(Cl)nc1N.CCOC(=O)c1nnc(Cl)cc1Nc1cccc(OCC)n1. The monoisotopic (exact) mass is 556 g/mol. The quantitative estimate of drug-likeness (QED) is 0.284. The van der Waals surface area contributed by atoms with E-state index in [1.54, 1.807) is 32.0 Å². The first-order chi connectivity index (χ1) is 17.2. The number of anilines is 3. The van der Waals surface area contributed by atoms with Gasteiger partial charge < -0.3 is 25.3 Å². The predicted molar refractivity (Wildman–Crippen MR) is 136 cm³/mol. The average molecular weight is 558 g/mol. The van der Waals surface area contributed by atoms with Crippen LogP contribution in [0.25, 0.3) is 0 Å². The molecule has 3 aromatic heterocycles. The first kappa shape index (κ1) is 28.8. The van der Waals surface area contributed by atoms with Crippen LogP contribution in [0.15, 0.2) is 30.3 Å². The summed E-state index contributed by atoms with van der Waals surface area (Å²) in [4.78, 5) is 31.2. The van der Waals surface area contributed by atoms with Crippen molar-refractivity contribution in [3.8, 4) is 5.88 Å². The third-order valence-corrected chi connectivity index (χ3v) is 4.64. The molecule has 0 aliphatic heterocycles. The number of carbonyl (C=O) groups is 2. The molecule has 0 radical (unpaired) electrons. The van der Waals surface area contributed by atoms with Crippen molar-refractivity contribution in [1.82, 2.24) is 20.2 Å². The van der Waals surface area contributed by atoms with Crippen LogP contribution in [-0.4, -0.2) is 51.9 Å². The van der Waals surface area contributed by atoms with Gasteiger partial charge in [-0.3, -0.25) is 0 Å². The van der Waals surface area contributed by atoms with Crippen LogP contribution in [0.3, 0.4) is 0 Å². The van der Waals surface area contributed by atoms with Crippen LogP contribution in [0.5, 0.6) is 5.88 Å². The topological polar surface area (TPSA) is 151 Å². The zero-order chi connectivity index (χ0) is 26.7. The fourth-order valence-electron chi connectivity index (χ4n) is 2.57. The molecule has 11 nitrogen and oxygen atoms in total. The van der Waals surface area contributed by atoms with Gasteiger partial charge in [0.25, 0.3) is 0 Å². The minimum atomic E-state index is -0.598. The molecule has 0 aromatic carbocycles. The molecule has 0 bridgehead atoms. The minimum Gasteiger partial charge on any atom is -0.478 e. The molecule has 3 N–H and O–H groups in total. The lowest BCUT2D eigenvalue weighted by Gasteiger charge is -2.10. The van der Waals surface area contributed by atoms with Gasteiger partial charge in [0.15, 0.2) is 10.8 Å². The number of halogens is 3. The molecule has 0 atom stereocenters. The standard InChI is InChI=1S/C14H15ClN4O3.C8H8Cl2N2O2/c1-3-21-12-7-5-6-11(17-12)16-9-8-10(15)18-19-13(9)14(20)22-4-2;1-2-14-8(13)6-4(9)3-5(10)12-7(6)11/h5-8H,3-4H2,1-2H3,(H,16,17,18);3H,2H2,1H3,(H2,11,12). The lowest BCUT2D eigenvalue weighted by Crippen LogP contribution is -2.12. The molecule has 3 rings (SSSR count). The molecule has 14 heteroatoms. The number of carbonyl (C=O) groups excluding carboxylic acids is 2. The number of nitrogens with zero attached hydrogens (tertiary/aromatic N) is 4. The molecule has 0 unspecified atom stereocenters. The van der Waals surface area contributed by atoms with Crippen LogP contribution < -0.4 is 15.8 Å². The highest BCUT2D eigenvalue weighted by Gasteiger charge is 2.18. The van der Waals surface area contributed by atoms with Gasteiger partial charge in [-0.25, -0.2) is 14.6 Å². The van der Waals surface area contributed by atoms with Gasteiger partial charge in [-0.05, 0) is 32.9 Å². The first-order valence-corrected chi connectivity index (χ1v) is 11.7. The molecular formula is C22H23Cl3N6O5. The zero-order valence-corrected chi connectivity index (χ0v) is 21.8. The van der Waals surface area contributed by atoms with Gasteiger partial charge in [0.1, 0.15) is 22.4 Å². The Labute approximate surface area is 222 Å². The highest BCUT2D eigenvalue weighted by Crippen LogP contribution is 2.25. The van der Waals surface area contributed by atoms with Crippen LogP contribution in [0.2, 0.25) is 15.3 Å². The van der Waals surface area contributed by atoms with E-state index in [-0.39, 0.29) is 45.6 Å². The van der Waals surface area contributed by atoms with Crippen molar-refractivity contribution in [3.63, 3.8) is 0 Å². The van der Waals surface area contributed by atoms with Crippen molar-refractivity contribution in [3.05, 3.63) is 56.9 Å². The van der Waals surface area contributed by atoms with Crippen LogP contribution in [0.4, 0.5) is 17.3 Å². The van der Waals surface area contributed by atoms with Gasteiger partial charge in [0.2, 0.25) is 5.88 Å². The van der Waals surface area contributed by atoms with E-state index in [4.69, 9.17) is 54.7 Å². The Hall–Kier alpha value is -3.41. The molecular weight excluding hydrogens is 535 g/mol. The van der Waals surface area contributed by atoms with E-state index in [1.165, 1.54) is 12.1 Å². The van der Waals surface area contributed by atoms with Crippen LogP contribution in [-0.2, 0) is 9.47 Å². The number of aromatic nitrogens is 4. The second-order valence-electron chi connectivity index (χ2n) is 6.48. The van der Waals surface area contributed by atoms with Gasteiger partial charge in [0, 0.05) is 12.1 Å². The highest BCUT2D eigenvalue weighted by molar-refractivity contribution is 6.36. The fraction of sp³-hybridized carbons (Fsp3) is 0.273. The largest absolute Gasteiger partial charge is 0.478 e. The van der Waals surface area contributed by atoms with E-state index >= 15 is 0 Å². The third kappa shape index (κ3) is 8.36. The van der Waals surface area contributed by atoms with Crippen molar-refractivity contribution in [2.45, 2.75) is 20.8 Å². The van der Waals surface area contributed by atoms with E-state index in [9.17, 15) is 9.59 Å². The maximum absolute atomic E-state index is 11.9. The van der Waals surface area contributed by atoms with Gasteiger partial charge in [-0.1, -0.05) is 40.9 Å². The maximum Gasteiger partial charge on any atom is 0.361 e. The minimum absolute atomic E-state index is 0.0269. The Morgan fingerprint density at radius 2 is 1.61 bits per heavy atom. The number of nitrogens with two attached hydrogens (primary N) is 1. The number of nitrogen functional groups attached to an aromatic ring is 1. The van der Waals surface area contributed by atoms with Crippen LogP contribution in [0.1, 0.15) is 41.6 Å². The van der Waals surface area contributed by atoms with Crippen molar-refractivity contribution >= 4 is 64.1 Å². The summed E-state index contributed by atoms with van der Waals surface area (Å²) in [6.07, 6.45) is 0. The Morgan fingerprint density at radius 3 is 2.25 bits per heavy atom. The van der Waals surface area contributed by atoms with Crippen molar-refractivity contribution in [2.75, 3.05) is 30.9 Å². The van der Waals surface area contributed by atoms with Gasteiger partial charge in [-0.2, -0.15) is 4.98 Å². The number of ether oxygens (including phenoxy) is 3. The molecule has 192 valence electrons. The summed E-state index contributed by atoms with van der Waals surface area (Å²) >= 11 is 17.2. The van der Waals surface area contributed by atoms with E-state index < -0.39 is 11.9 Å². The summed E-state index contributed by atoms with van der Waals surface area (Å²) in [6, 6.07) is 8.06. The van der Waals surface area contributed by atoms with Gasteiger partial charge in [-0.15, -0.1) is 10.2 Å². The second-order valence-corrected chi connectivity index (χ2v) is 7.66. The summed E-state index contributed by atoms with van der Waals surface area (Å²) < 4.78 is 15.0. The molecule has 0 saturated carbocycles. The third-order valence-electron chi connectivity index (χ3n) is 3.96. The predicted octanol–water partition coefficient (Wildman–Crippen LogP) is 4.99. The van der Waals surface area contributed by atoms with E-state index in [0.29, 0.717) is 24.0 Å². The first-order valence-electron chi connectivity index (χ1n) is 10.6. The number of hydrogen-bond donors (Lipinski definition) is 2. The molecule has 0 aliphatic carbocycles. The van der Waals surface area contributed by atoms with E-state index in [0.717, 1.165) is 0 Å². The molecule has 3 aromatic rings. The van der Waals surface area contributed by atoms with Gasteiger partial charge in [0.05, 0.1) is 30.5 Å². The van der Waals surface area contributed by atoms with Crippen molar-refractivity contribution in [1.29, 1.82) is 0 Å². The Morgan fingerprint density at radius 1 is 0.917 bits per heavy atom. The molecule has 36 heavy (non-hydrogen) atoms. The summed E-state index contributed by atoms with van der Waals surface area (Å²) in [5.41, 5.74) is 5.92. The number of nitrogens with one attached hydrogen (secondary N) is 1. The molecule has 0 amide bonds. The smallest absolute Gasteiger partial charge is 0.361 e. The molecule has 0 aliphatic rings. The normalized spacial score (nSPS) is 10.1. The van der Waals surface area contributed by atoms with E-state index in [1.807, 2.05) is 6.92 Å². The molecule has 0 spiro atoms.